The number of nitrogens with one attached hydrogen (secondary N) is 2. The summed E-state index contributed by atoms with van der Waals surface area (Å²) in [5.41, 5.74) is 0. The number of nitrogens with zero attached hydrogens (tertiary/aromatic N) is 2. The molecule has 0 aliphatic heterocycles. The lowest BCUT2D eigenvalue weighted by Gasteiger charge is -2.03. The number of amides is 2. The molecule has 0 aliphatic rings. The van der Waals surface area contributed by atoms with E-state index in [0.29, 0.717) is 16.6 Å². The predicted molar refractivity (Wildman–Crippen MR) is 83.8 cm³/mol. The Morgan fingerprint density at radius 1 is 1.33 bits per heavy atom. The van der Waals surface area contributed by atoms with Crippen LogP contribution in [0.15, 0.2) is 17.5 Å². The van der Waals surface area contributed by atoms with Crippen molar-refractivity contribution < 1.29 is 9.59 Å². The molecule has 2 rings (SSSR count). The van der Waals surface area contributed by atoms with Crippen LogP contribution in [0.1, 0.15) is 34.4 Å². The third-order valence-electron chi connectivity index (χ3n) is 2.56. The zero-order valence-electron chi connectivity index (χ0n) is 11.6. The SMILES string of the molecule is CCCc1nnc(NC(=O)CCNC(=O)c2cccs2)s1. The Bertz CT molecular complexity index is 595. The fraction of sp³-hybridized carbons (Fsp3) is 0.385. The van der Waals surface area contributed by atoms with Gasteiger partial charge in [0.15, 0.2) is 0 Å². The second-order valence-electron chi connectivity index (χ2n) is 4.28. The van der Waals surface area contributed by atoms with Crippen molar-refractivity contribution >= 4 is 39.6 Å². The average Bonchev–Trinajstić information content (AvgIpc) is 3.10. The van der Waals surface area contributed by atoms with Crippen molar-refractivity contribution in [3.8, 4) is 0 Å². The number of carbonyl (C=O) groups excluding carboxylic acids is 2. The zero-order chi connectivity index (χ0) is 15.1. The first-order valence-electron chi connectivity index (χ1n) is 6.63. The number of hydrogen-bond donors (Lipinski definition) is 2. The minimum Gasteiger partial charge on any atom is -0.351 e. The molecule has 0 unspecified atom stereocenters. The van der Waals surface area contributed by atoms with Crippen molar-refractivity contribution in [1.82, 2.24) is 15.5 Å². The summed E-state index contributed by atoms with van der Waals surface area (Å²) in [7, 11) is 0. The van der Waals surface area contributed by atoms with Crippen molar-refractivity contribution in [1.29, 1.82) is 0 Å². The molecule has 0 bridgehead atoms. The molecule has 0 spiro atoms. The number of rotatable bonds is 7. The van der Waals surface area contributed by atoms with E-state index >= 15 is 0 Å². The van der Waals surface area contributed by atoms with Crippen LogP contribution in [-0.2, 0) is 11.2 Å². The van der Waals surface area contributed by atoms with E-state index < -0.39 is 0 Å². The maximum atomic E-state index is 11.7. The molecule has 0 aromatic carbocycles. The normalized spacial score (nSPS) is 10.3. The highest BCUT2D eigenvalue weighted by molar-refractivity contribution is 7.15. The number of hydrogen-bond acceptors (Lipinski definition) is 6. The topological polar surface area (TPSA) is 84.0 Å². The molecule has 0 radical (unpaired) electrons. The van der Waals surface area contributed by atoms with E-state index in [1.165, 1.54) is 22.7 Å². The van der Waals surface area contributed by atoms with Crippen LogP contribution in [0.2, 0.25) is 0 Å². The molecular formula is C13H16N4O2S2. The van der Waals surface area contributed by atoms with Gasteiger partial charge in [-0.2, -0.15) is 0 Å². The molecule has 0 aliphatic carbocycles. The Morgan fingerprint density at radius 2 is 2.19 bits per heavy atom. The maximum Gasteiger partial charge on any atom is 0.261 e. The Morgan fingerprint density at radius 3 is 2.90 bits per heavy atom. The van der Waals surface area contributed by atoms with E-state index in [9.17, 15) is 9.59 Å². The van der Waals surface area contributed by atoms with Gasteiger partial charge in [-0.1, -0.05) is 24.3 Å². The van der Waals surface area contributed by atoms with Gasteiger partial charge < -0.3 is 10.6 Å². The van der Waals surface area contributed by atoms with Gasteiger partial charge in [-0.25, -0.2) is 0 Å². The minimum absolute atomic E-state index is 0.154. The van der Waals surface area contributed by atoms with Crippen LogP contribution in [-0.4, -0.2) is 28.6 Å². The Hall–Kier alpha value is -1.80. The van der Waals surface area contributed by atoms with Crippen LogP contribution in [0, 0.1) is 0 Å². The van der Waals surface area contributed by atoms with Crippen LogP contribution in [0.4, 0.5) is 5.13 Å². The van der Waals surface area contributed by atoms with Gasteiger partial charge in [0.05, 0.1) is 4.88 Å². The van der Waals surface area contributed by atoms with Gasteiger partial charge in [0.25, 0.3) is 5.91 Å². The highest BCUT2D eigenvalue weighted by atomic mass is 32.1. The van der Waals surface area contributed by atoms with E-state index in [0.717, 1.165) is 17.8 Å². The van der Waals surface area contributed by atoms with Crippen molar-refractivity contribution in [3.63, 3.8) is 0 Å². The first-order chi connectivity index (χ1) is 10.2. The largest absolute Gasteiger partial charge is 0.351 e. The molecule has 21 heavy (non-hydrogen) atoms. The molecule has 0 fully saturated rings. The molecule has 2 aromatic heterocycles. The van der Waals surface area contributed by atoms with Crippen molar-refractivity contribution in [2.75, 3.05) is 11.9 Å². The predicted octanol–water partition coefficient (Wildman–Crippen LogP) is 2.31. The van der Waals surface area contributed by atoms with Crippen LogP contribution in [0.25, 0.3) is 0 Å². The zero-order valence-corrected chi connectivity index (χ0v) is 13.2. The summed E-state index contributed by atoms with van der Waals surface area (Å²) >= 11 is 2.75. The highest BCUT2D eigenvalue weighted by Gasteiger charge is 2.09. The van der Waals surface area contributed by atoms with E-state index in [1.54, 1.807) is 6.07 Å². The monoisotopic (exact) mass is 324 g/mol. The summed E-state index contributed by atoms with van der Waals surface area (Å²) in [5, 5.41) is 16.5. The van der Waals surface area contributed by atoms with Crippen molar-refractivity contribution in [2.24, 2.45) is 0 Å². The van der Waals surface area contributed by atoms with Crippen molar-refractivity contribution in [3.05, 3.63) is 27.4 Å². The van der Waals surface area contributed by atoms with E-state index in [4.69, 9.17) is 0 Å². The van der Waals surface area contributed by atoms with E-state index in [-0.39, 0.29) is 18.2 Å². The fourth-order valence-electron chi connectivity index (χ4n) is 1.59. The van der Waals surface area contributed by atoms with Crippen LogP contribution in [0.3, 0.4) is 0 Å². The number of aryl methyl sites for hydroxylation is 1. The molecule has 0 saturated carbocycles. The summed E-state index contributed by atoms with van der Waals surface area (Å²) in [5.74, 6) is -0.334. The first kappa shape index (κ1) is 15.6. The second kappa shape index (κ2) is 7.84. The lowest BCUT2D eigenvalue weighted by Crippen LogP contribution is -2.27. The highest BCUT2D eigenvalue weighted by Crippen LogP contribution is 2.16. The van der Waals surface area contributed by atoms with Crippen LogP contribution >= 0.6 is 22.7 Å². The Labute approximate surface area is 130 Å². The summed E-state index contributed by atoms with van der Waals surface area (Å²) < 4.78 is 0. The third-order valence-corrected chi connectivity index (χ3v) is 4.33. The van der Waals surface area contributed by atoms with Crippen molar-refractivity contribution in [2.45, 2.75) is 26.2 Å². The molecule has 6 nitrogen and oxygen atoms in total. The fourth-order valence-corrected chi connectivity index (χ4v) is 3.08. The molecule has 0 saturated heterocycles. The summed E-state index contributed by atoms with van der Waals surface area (Å²) in [6, 6.07) is 3.56. The molecule has 2 aromatic rings. The van der Waals surface area contributed by atoms with Gasteiger partial charge >= 0.3 is 0 Å². The molecule has 0 atom stereocenters. The van der Waals surface area contributed by atoms with Crippen LogP contribution in [0.5, 0.6) is 0 Å². The van der Waals surface area contributed by atoms with E-state index in [2.05, 4.69) is 27.8 Å². The van der Waals surface area contributed by atoms with Gasteiger partial charge in [-0.15, -0.1) is 21.5 Å². The summed E-state index contributed by atoms with van der Waals surface area (Å²) in [6.45, 7) is 2.36. The lowest BCUT2D eigenvalue weighted by molar-refractivity contribution is -0.116. The number of carbonyl (C=O) groups is 2. The third kappa shape index (κ3) is 4.91. The smallest absolute Gasteiger partial charge is 0.261 e. The number of thiophene rings is 1. The summed E-state index contributed by atoms with van der Waals surface area (Å²) in [6.07, 6.45) is 2.07. The molecule has 2 amide bonds. The Balaban J connectivity index is 1.70. The van der Waals surface area contributed by atoms with Gasteiger partial charge in [0, 0.05) is 19.4 Å². The number of anilines is 1. The van der Waals surface area contributed by atoms with E-state index in [1.807, 2.05) is 11.4 Å². The molecule has 8 heteroatoms. The lowest BCUT2D eigenvalue weighted by atomic mass is 10.4. The van der Waals surface area contributed by atoms with Gasteiger partial charge in [0.2, 0.25) is 11.0 Å². The second-order valence-corrected chi connectivity index (χ2v) is 6.29. The average molecular weight is 324 g/mol. The molecule has 2 heterocycles. The Kier molecular flexibility index (Phi) is 5.82. The first-order valence-corrected chi connectivity index (χ1v) is 8.32. The van der Waals surface area contributed by atoms with Crippen LogP contribution < -0.4 is 10.6 Å². The van der Waals surface area contributed by atoms with Gasteiger partial charge in [-0.05, 0) is 17.9 Å². The van der Waals surface area contributed by atoms with Gasteiger partial charge in [0.1, 0.15) is 5.01 Å². The number of aromatic nitrogens is 2. The summed E-state index contributed by atoms with van der Waals surface area (Å²) in [4.78, 5) is 24.0. The standard InChI is InChI=1S/C13H16N4O2S2/c1-2-4-11-16-17-13(21-11)15-10(18)6-7-14-12(19)9-5-3-8-20-9/h3,5,8H,2,4,6-7H2,1H3,(H,14,19)(H,15,17,18). The maximum absolute atomic E-state index is 11.7. The molecule has 112 valence electrons. The van der Waals surface area contributed by atoms with Gasteiger partial charge in [-0.3, -0.25) is 9.59 Å². The molecular weight excluding hydrogens is 308 g/mol. The molecule has 2 N–H and O–H groups in total. The minimum atomic E-state index is -0.180. The quantitative estimate of drug-likeness (QED) is 0.818.